The molecule has 0 N–H and O–H groups in total. The normalized spacial score (nSPS) is 11.8. The average Bonchev–Trinajstić information content (AvgIpc) is 3.39. The zero-order valence-corrected chi connectivity index (χ0v) is 12.9. The van der Waals surface area contributed by atoms with Gasteiger partial charge in [-0.3, -0.25) is 0 Å². The summed E-state index contributed by atoms with van der Waals surface area (Å²) in [4.78, 5) is 11.9. The van der Waals surface area contributed by atoms with Gasteiger partial charge in [-0.25, -0.2) is 4.98 Å². The summed E-state index contributed by atoms with van der Waals surface area (Å²) in [7, 11) is 0. The van der Waals surface area contributed by atoms with Crippen molar-refractivity contribution in [3.05, 3.63) is 64.8 Å². The van der Waals surface area contributed by atoms with Crippen molar-refractivity contribution in [2.75, 3.05) is 0 Å². The number of hydrogen-bond donors (Lipinski definition) is 0. The van der Waals surface area contributed by atoms with Crippen LogP contribution >= 0.6 is 0 Å². The van der Waals surface area contributed by atoms with Gasteiger partial charge in [-0.2, -0.15) is 9.77 Å². The number of rotatable bonds is 5. The van der Waals surface area contributed by atoms with Crippen LogP contribution in [0.15, 0.2) is 42.6 Å². The monoisotopic (exact) mass is 314 g/mol. The number of pyridine rings is 2. The lowest BCUT2D eigenvalue weighted by atomic mass is 10.0. The van der Waals surface area contributed by atoms with Gasteiger partial charge in [0, 0.05) is 23.6 Å². The van der Waals surface area contributed by atoms with Crippen LogP contribution in [0.1, 0.15) is 23.1 Å². The van der Waals surface area contributed by atoms with E-state index in [9.17, 15) is 0 Å². The maximum atomic E-state index is 8.61. The summed E-state index contributed by atoms with van der Waals surface area (Å²) < 4.78 is 5.48. The molecule has 0 unspecified atom stereocenters. The van der Waals surface area contributed by atoms with Gasteiger partial charge < -0.3 is 10.3 Å². The number of hydrogen-bond acceptors (Lipinski definition) is 3. The van der Waals surface area contributed by atoms with Crippen molar-refractivity contribution < 1.29 is 9.53 Å². The van der Waals surface area contributed by atoms with Crippen LogP contribution in [0, 0.1) is 0 Å². The molecule has 0 saturated carbocycles. The van der Waals surface area contributed by atoms with Gasteiger partial charge in [0.15, 0.2) is 11.4 Å². The van der Waals surface area contributed by atoms with Gasteiger partial charge >= 0.3 is 0 Å². The Bertz CT molecular complexity index is 989. The van der Waals surface area contributed by atoms with Gasteiger partial charge in [0.1, 0.15) is 0 Å². The standard InChI is InChI=1S/C19H14N4O/c20-22-11-4-7-15-16-14(9-8-13-5-2-1-3-6-13)10-12-21-18(16)23-19-17(15)24-19/h1-3,5-6,8-12H,4,7H2. The molecule has 3 aromatic rings. The molecule has 0 amide bonds. The first-order valence-electron chi connectivity index (χ1n) is 7.75. The maximum absolute atomic E-state index is 8.61. The van der Waals surface area contributed by atoms with E-state index in [2.05, 4.69) is 39.0 Å². The van der Waals surface area contributed by atoms with Crippen LogP contribution in [0.25, 0.3) is 28.7 Å². The van der Waals surface area contributed by atoms with E-state index in [1.807, 2.05) is 24.3 Å². The second-order valence-electron chi connectivity index (χ2n) is 5.51. The molecule has 0 aliphatic carbocycles. The van der Waals surface area contributed by atoms with E-state index in [0.29, 0.717) is 24.4 Å². The summed E-state index contributed by atoms with van der Waals surface area (Å²) in [5.74, 6) is 1.48. The molecule has 24 heavy (non-hydrogen) atoms. The number of fused-ring (bicyclic) bond motifs is 2. The van der Waals surface area contributed by atoms with Gasteiger partial charge in [-0.05, 0) is 23.6 Å². The smallest absolute Gasteiger partial charge is 0.265 e. The van der Waals surface area contributed by atoms with Crippen LogP contribution in [0.5, 0.6) is 11.6 Å². The van der Waals surface area contributed by atoms with Gasteiger partial charge in [-0.1, -0.05) is 42.5 Å². The molecule has 1 aromatic carbocycles. The summed E-state index contributed by atoms with van der Waals surface area (Å²) in [6.45, 7) is 0. The van der Waals surface area contributed by atoms with Crippen molar-refractivity contribution in [1.29, 1.82) is 0 Å². The molecule has 2 aromatic heterocycles. The molecule has 5 heteroatoms. The fourth-order valence-corrected chi connectivity index (χ4v) is 2.80. The third kappa shape index (κ3) is 2.69. The fourth-order valence-electron chi connectivity index (χ4n) is 2.80. The lowest BCUT2D eigenvalue weighted by Crippen LogP contribution is -1.92. The highest BCUT2D eigenvalue weighted by atomic mass is 16.6. The van der Waals surface area contributed by atoms with E-state index in [1.54, 1.807) is 6.20 Å². The minimum absolute atomic E-state index is 0.627. The van der Waals surface area contributed by atoms with E-state index in [-0.39, 0.29) is 0 Å². The molecule has 0 bridgehead atoms. The van der Waals surface area contributed by atoms with E-state index < -0.39 is 0 Å². The molecule has 1 aliphatic rings. The molecule has 116 valence electrons. The SMILES string of the molecule is [N-]=[N+]=CCCc1c2c(nc3nccc(C=Cc4ccccc4)c13)O2. The summed E-state index contributed by atoms with van der Waals surface area (Å²) in [6.07, 6.45) is 8.72. The lowest BCUT2D eigenvalue weighted by molar-refractivity contribution is 0.000939. The lowest BCUT2D eigenvalue weighted by Gasteiger charge is -2.04. The number of ether oxygens (including phenoxy) is 1. The van der Waals surface area contributed by atoms with Crippen LogP contribution in [-0.4, -0.2) is 21.0 Å². The summed E-state index contributed by atoms with van der Waals surface area (Å²) in [5.41, 5.74) is 12.5. The van der Waals surface area contributed by atoms with E-state index in [4.69, 9.17) is 10.3 Å². The molecular weight excluding hydrogens is 300 g/mol. The highest BCUT2D eigenvalue weighted by molar-refractivity contribution is 5.94. The Morgan fingerprint density at radius 2 is 2.00 bits per heavy atom. The first-order chi connectivity index (χ1) is 11.9. The van der Waals surface area contributed by atoms with Gasteiger partial charge in [0.2, 0.25) is 0 Å². The quantitative estimate of drug-likeness (QED) is 0.240. The second kappa shape index (κ2) is 6.07. The Morgan fingerprint density at radius 3 is 2.83 bits per heavy atom. The topological polar surface area (TPSA) is 74.7 Å². The van der Waals surface area contributed by atoms with Crippen LogP contribution in [-0.2, 0) is 6.42 Å². The Labute approximate surface area is 138 Å². The summed E-state index contributed by atoms with van der Waals surface area (Å²) >= 11 is 0. The zero-order chi connectivity index (χ0) is 16.4. The number of benzene rings is 1. The molecule has 0 spiro atoms. The largest absolute Gasteiger partial charge is 0.430 e. The highest BCUT2D eigenvalue weighted by Crippen LogP contribution is 2.49. The highest BCUT2D eigenvalue weighted by Gasteiger charge is 2.30. The molecule has 4 rings (SSSR count). The average molecular weight is 314 g/mol. The third-order valence-electron chi connectivity index (χ3n) is 3.96. The Hall–Kier alpha value is -3.30. The van der Waals surface area contributed by atoms with Crippen molar-refractivity contribution in [2.45, 2.75) is 12.8 Å². The van der Waals surface area contributed by atoms with Crippen molar-refractivity contribution in [3.8, 4) is 11.6 Å². The molecule has 0 saturated heterocycles. The first-order valence-corrected chi connectivity index (χ1v) is 7.75. The number of aromatic nitrogens is 2. The number of aryl methyl sites for hydroxylation is 1. The Morgan fingerprint density at radius 1 is 1.12 bits per heavy atom. The Kier molecular flexibility index (Phi) is 3.61. The van der Waals surface area contributed by atoms with Crippen LogP contribution < -0.4 is 4.74 Å². The van der Waals surface area contributed by atoms with Crippen molar-refractivity contribution in [1.82, 2.24) is 9.97 Å². The summed E-state index contributed by atoms with van der Waals surface area (Å²) in [6, 6.07) is 12.1. The molecule has 0 fully saturated rings. The van der Waals surface area contributed by atoms with Gasteiger partial charge in [-0.15, -0.1) is 0 Å². The minimum Gasteiger partial charge on any atom is -0.430 e. The molecule has 5 nitrogen and oxygen atoms in total. The van der Waals surface area contributed by atoms with Crippen LogP contribution in [0.2, 0.25) is 0 Å². The molecule has 3 heterocycles. The van der Waals surface area contributed by atoms with Crippen LogP contribution in [0.4, 0.5) is 0 Å². The van der Waals surface area contributed by atoms with Crippen LogP contribution in [0.3, 0.4) is 0 Å². The third-order valence-corrected chi connectivity index (χ3v) is 3.96. The van der Waals surface area contributed by atoms with Crippen molar-refractivity contribution >= 4 is 29.4 Å². The molecule has 0 atom stereocenters. The maximum Gasteiger partial charge on any atom is 0.265 e. The molecule has 0 radical (unpaired) electrons. The second-order valence-corrected chi connectivity index (χ2v) is 5.51. The summed E-state index contributed by atoms with van der Waals surface area (Å²) in [5, 5.41) is 0.993. The molecule has 1 aliphatic heterocycles. The number of nitrogens with zero attached hydrogens (tertiary/aromatic N) is 4. The van der Waals surface area contributed by atoms with Crippen molar-refractivity contribution in [3.63, 3.8) is 0 Å². The van der Waals surface area contributed by atoms with E-state index in [0.717, 1.165) is 27.8 Å². The minimum atomic E-state index is 0.627. The van der Waals surface area contributed by atoms with E-state index in [1.165, 1.54) is 6.21 Å². The zero-order valence-electron chi connectivity index (χ0n) is 12.9. The molecular formula is C19H14N4O. The van der Waals surface area contributed by atoms with Crippen molar-refractivity contribution in [2.24, 2.45) is 0 Å². The predicted molar refractivity (Wildman–Crippen MR) is 93.0 cm³/mol. The predicted octanol–water partition coefficient (Wildman–Crippen LogP) is 4.14. The first kappa shape index (κ1) is 14.3. The Balaban J connectivity index is 1.80. The van der Waals surface area contributed by atoms with Gasteiger partial charge in [0.05, 0.1) is 0 Å². The van der Waals surface area contributed by atoms with Gasteiger partial charge in [0.25, 0.3) is 12.1 Å². The fraction of sp³-hybridized carbons (Fsp3) is 0.105. The van der Waals surface area contributed by atoms with E-state index >= 15 is 0 Å².